The molecule has 0 radical (unpaired) electrons. The first kappa shape index (κ1) is 18.4. The van der Waals surface area contributed by atoms with Gasteiger partial charge in [-0.05, 0) is 57.2 Å². The maximum atomic E-state index is 11.5. The number of allylic oxidation sites excluding steroid dienone is 1. The van der Waals surface area contributed by atoms with E-state index >= 15 is 0 Å². The molecule has 22 heavy (non-hydrogen) atoms. The van der Waals surface area contributed by atoms with Crippen molar-refractivity contribution in [3.8, 4) is 0 Å². The molecule has 1 atom stereocenters. The molecule has 1 aromatic carbocycles. The SMILES string of the molecule is C=C(C)CC(C)C(=C)COC(C)(C)c1cccc(C(C)=O)c1. The van der Waals surface area contributed by atoms with Crippen molar-refractivity contribution >= 4 is 5.78 Å². The maximum absolute atomic E-state index is 11.5. The molecule has 0 heterocycles. The van der Waals surface area contributed by atoms with E-state index in [2.05, 4.69) is 20.1 Å². The summed E-state index contributed by atoms with van der Waals surface area (Å²) in [7, 11) is 0. The van der Waals surface area contributed by atoms with Crippen molar-refractivity contribution < 1.29 is 9.53 Å². The molecular weight excluding hydrogens is 272 g/mol. The molecule has 2 heteroatoms. The van der Waals surface area contributed by atoms with E-state index in [1.165, 1.54) is 0 Å². The van der Waals surface area contributed by atoms with Gasteiger partial charge in [-0.15, -0.1) is 6.58 Å². The molecular formula is C20H28O2. The minimum absolute atomic E-state index is 0.0668. The van der Waals surface area contributed by atoms with Gasteiger partial charge in [0.25, 0.3) is 0 Å². The number of rotatable bonds is 8. The van der Waals surface area contributed by atoms with Crippen molar-refractivity contribution in [2.75, 3.05) is 6.61 Å². The topological polar surface area (TPSA) is 26.3 Å². The Morgan fingerprint density at radius 3 is 2.45 bits per heavy atom. The lowest BCUT2D eigenvalue weighted by molar-refractivity contribution is -0.0108. The minimum atomic E-state index is -0.461. The Morgan fingerprint density at radius 2 is 1.91 bits per heavy atom. The van der Waals surface area contributed by atoms with Gasteiger partial charge in [0.05, 0.1) is 12.2 Å². The highest BCUT2D eigenvalue weighted by atomic mass is 16.5. The highest BCUT2D eigenvalue weighted by Crippen LogP contribution is 2.27. The third-order valence-electron chi connectivity index (χ3n) is 3.93. The average Bonchev–Trinajstić information content (AvgIpc) is 2.44. The van der Waals surface area contributed by atoms with Crippen LogP contribution in [0.2, 0.25) is 0 Å². The summed E-state index contributed by atoms with van der Waals surface area (Å²) in [6.45, 7) is 18.4. The first-order valence-electron chi connectivity index (χ1n) is 7.71. The lowest BCUT2D eigenvalue weighted by Crippen LogP contribution is -2.24. The van der Waals surface area contributed by atoms with Crippen LogP contribution >= 0.6 is 0 Å². The molecule has 2 nitrogen and oxygen atoms in total. The van der Waals surface area contributed by atoms with Crippen LogP contribution in [0.25, 0.3) is 0 Å². The van der Waals surface area contributed by atoms with Gasteiger partial charge in [-0.2, -0.15) is 0 Å². The van der Waals surface area contributed by atoms with Gasteiger partial charge in [0, 0.05) is 5.56 Å². The number of carbonyl (C=O) groups excluding carboxylic acids is 1. The van der Waals surface area contributed by atoms with Crippen LogP contribution in [0.3, 0.4) is 0 Å². The van der Waals surface area contributed by atoms with Crippen molar-refractivity contribution in [2.45, 2.75) is 46.6 Å². The Hall–Kier alpha value is -1.67. The molecule has 120 valence electrons. The molecule has 1 unspecified atom stereocenters. The van der Waals surface area contributed by atoms with Crippen LogP contribution in [0.1, 0.15) is 57.0 Å². The molecule has 0 saturated heterocycles. The second kappa shape index (κ2) is 7.55. The van der Waals surface area contributed by atoms with Gasteiger partial charge in [-0.1, -0.05) is 37.3 Å². The Labute approximate surface area is 134 Å². The molecule has 0 bridgehead atoms. The van der Waals surface area contributed by atoms with E-state index in [9.17, 15) is 4.79 Å². The Kier molecular flexibility index (Phi) is 6.31. The summed E-state index contributed by atoms with van der Waals surface area (Å²) in [5, 5.41) is 0. The second-order valence-corrected chi connectivity index (χ2v) is 6.66. The van der Waals surface area contributed by atoms with Gasteiger partial charge in [0.2, 0.25) is 0 Å². The largest absolute Gasteiger partial charge is 0.367 e. The average molecular weight is 300 g/mol. The monoisotopic (exact) mass is 300 g/mol. The normalized spacial score (nSPS) is 12.8. The molecule has 0 aliphatic rings. The lowest BCUT2D eigenvalue weighted by atomic mass is 9.94. The van der Waals surface area contributed by atoms with Gasteiger partial charge in [-0.25, -0.2) is 0 Å². The molecule has 0 aromatic heterocycles. The molecule has 0 amide bonds. The van der Waals surface area contributed by atoms with Crippen molar-refractivity contribution in [1.82, 2.24) is 0 Å². The van der Waals surface area contributed by atoms with E-state index in [4.69, 9.17) is 4.74 Å². The summed E-state index contributed by atoms with van der Waals surface area (Å²) in [5.74, 6) is 0.425. The third kappa shape index (κ3) is 5.27. The standard InChI is InChI=1S/C20H28O2/c1-14(2)11-15(3)16(4)13-22-20(6,7)19-10-8-9-18(12-19)17(5)21/h8-10,12,15H,1,4,11,13H2,2-3,5-7H3. The van der Waals surface area contributed by atoms with E-state index in [1.807, 2.05) is 45.0 Å². The summed E-state index contributed by atoms with van der Waals surface area (Å²) >= 11 is 0. The number of benzene rings is 1. The first-order chi connectivity index (χ1) is 10.1. The van der Waals surface area contributed by atoms with Crippen LogP contribution in [-0.2, 0) is 10.3 Å². The predicted octanol–water partition coefficient (Wildman–Crippen LogP) is 5.30. The Balaban J connectivity index is 2.75. The fourth-order valence-electron chi connectivity index (χ4n) is 2.28. The smallest absolute Gasteiger partial charge is 0.159 e. The Morgan fingerprint density at radius 1 is 1.27 bits per heavy atom. The van der Waals surface area contributed by atoms with Gasteiger partial charge in [0.15, 0.2) is 5.78 Å². The van der Waals surface area contributed by atoms with Crippen LogP contribution in [0.4, 0.5) is 0 Å². The van der Waals surface area contributed by atoms with E-state index in [-0.39, 0.29) is 5.78 Å². The summed E-state index contributed by atoms with van der Waals surface area (Å²) in [6, 6.07) is 7.63. The summed E-state index contributed by atoms with van der Waals surface area (Å²) in [5.41, 5.74) is 3.47. The number of carbonyl (C=O) groups is 1. The number of hydrogen-bond donors (Lipinski definition) is 0. The second-order valence-electron chi connectivity index (χ2n) is 6.66. The van der Waals surface area contributed by atoms with Crippen LogP contribution in [0.5, 0.6) is 0 Å². The number of Topliss-reactive ketones (excluding diaryl/α,β-unsaturated/α-hetero) is 1. The lowest BCUT2D eigenvalue weighted by Gasteiger charge is -2.28. The number of hydrogen-bond acceptors (Lipinski definition) is 2. The van der Waals surface area contributed by atoms with E-state index in [0.717, 1.165) is 23.1 Å². The molecule has 1 aromatic rings. The van der Waals surface area contributed by atoms with Crippen LogP contribution < -0.4 is 0 Å². The number of ether oxygens (including phenoxy) is 1. The van der Waals surface area contributed by atoms with E-state index in [1.54, 1.807) is 6.92 Å². The molecule has 0 N–H and O–H groups in total. The third-order valence-corrected chi connectivity index (χ3v) is 3.93. The quantitative estimate of drug-likeness (QED) is 0.481. The van der Waals surface area contributed by atoms with Crippen molar-refractivity contribution in [1.29, 1.82) is 0 Å². The minimum Gasteiger partial charge on any atom is -0.367 e. The van der Waals surface area contributed by atoms with Gasteiger partial charge in [0.1, 0.15) is 0 Å². The summed E-state index contributed by atoms with van der Waals surface area (Å²) in [4.78, 5) is 11.5. The zero-order chi connectivity index (χ0) is 16.9. The molecule has 0 aliphatic carbocycles. The van der Waals surface area contributed by atoms with Gasteiger partial charge >= 0.3 is 0 Å². The van der Waals surface area contributed by atoms with Crippen LogP contribution in [0.15, 0.2) is 48.6 Å². The zero-order valence-corrected chi connectivity index (χ0v) is 14.5. The molecule has 0 spiro atoms. The molecule has 1 rings (SSSR count). The maximum Gasteiger partial charge on any atom is 0.159 e. The van der Waals surface area contributed by atoms with Crippen LogP contribution in [-0.4, -0.2) is 12.4 Å². The highest BCUT2D eigenvalue weighted by molar-refractivity contribution is 5.94. The van der Waals surface area contributed by atoms with Crippen molar-refractivity contribution in [2.24, 2.45) is 5.92 Å². The Bertz CT molecular complexity index is 567. The highest BCUT2D eigenvalue weighted by Gasteiger charge is 2.23. The molecule has 0 fully saturated rings. The van der Waals surface area contributed by atoms with E-state index < -0.39 is 5.60 Å². The van der Waals surface area contributed by atoms with Gasteiger partial charge < -0.3 is 4.74 Å². The van der Waals surface area contributed by atoms with Crippen molar-refractivity contribution in [3.63, 3.8) is 0 Å². The summed E-state index contributed by atoms with van der Waals surface area (Å²) in [6.07, 6.45) is 0.933. The van der Waals surface area contributed by atoms with Gasteiger partial charge in [-0.3, -0.25) is 4.79 Å². The molecule has 0 aliphatic heterocycles. The van der Waals surface area contributed by atoms with Crippen LogP contribution in [0, 0.1) is 5.92 Å². The zero-order valence-electron chi connectivity index (χ0n) is 14.5. The fourth-order valence-corrected chi connectivity index (χ4v) is 2.28. The predicted molar refractivity (Wildman–Crippen MR) is 93.2 cm³/mol. The van der Waals surface area contributed by atoms with E-state index in [0.29, 0.717) is 18.1 Å². The molecule has 0 saturated carbocycles. The fraction of sp³-hybridized carbons (Fsp3) is 0.450. The summed E-state index contributed by atoms with van der Waals surface area (Å²) < 4.78 is 6.07. The first-order valence-corrected chi connectivity index (χ1v) is 7.71. The number of ketones is 1. The van der Waals surface area contributed by atoms with Crippen molar-refractivity contribution in [3.05, 3.63) is 59.7 Å².